The highest BCUT2D eigenvalue weighted by Crippen LogP contribution is 2.39. The van der Waals surface area contributed by atoms with Gasteiger partial charge in [0.1, 0.15) is 16.4 Å². The number of nitrogens with zero attached hydrogens (tertiary/aromatic N) is 2. The van der Waals surface area contributed by atoms with E-state index in [1.807, 2.05) is 0 Å². The van der Waals surface area contributed by atoms with Gasteiger partial charge in [-0.25, -0.2) is 14.8 Å². The topological polar surface area (TPSA) is 63.1 Å². The van der Waals surface area contributed by atoms with E-state index >= 15 is 0 Å². The largest absolute Gasteiger partial charge is 0.478 e. The fourth-order valence-electron chi connectivity index (χ4n) is 2.28. The molecular formula is C17H18N2O2S. The molecule has 1 fully saturated rings. The van der Waals surface area contributed by atoms with Crippen LogP contribution in [0.4, 0.5) is 0 Å². The molecule has 0 saturated heterocycles. The maximum absolute atomic E-state index is 11.5. The molecular weight excluding hydrogens is 296 g/mol. The SMILES string of the molecule is Cc1ccc(CSc2nc(C3CC3)nc(C)c2C(=O)O)cc1. The van der Waals surface area contributed by atoms with E-state index in [9.17, 15) is 9.90 Å². The fraction of sp³-hybridized carbons (Fsp3) is 0.353. The Hall–Kier alpha value is -1.88. The van der Waals surface area contributed by atoms with Gasteiger partial charge in [-0.2, -0.15) is 0 Å². The highest BCUT2D eigenvalue weighted by atomic mass is 32.2. The maximum atomic E-state index is 11.5. The monoisotopic (exact) mass is 314 g/mol. The Morgan fingerprint density at radius 3 is 2.50 bits per heavy atom. The maximum Gasteiger partial charge on any atom is 0.340 e. The molecule has 1 heterocycles. The van der Waals surface area contributed by atoms with Crippen LogP contribution in [-0.2, 0) is 5.75 Å². The molecule has 3 rings (SSSR count). The summed E-state index contributed by atoms with van der Waals surface area (Å²) in [6.45, 7) is 3.81. The number of hydrogen-bond donors (Lipinski definition) is 1. The van der Waals surface area contributed by atoms with Crippen molar-refractivity contribution in [3.8, 4) is 0 Å². The van der Waals surface area contributed by atoms with Crippen molar-refractivity contribution >= 4 is 17.7 Å². The van der Waals surface area contributed by atoms with Gasteiger partial charge in [-0.1, -0.05) is 29.8 Å². The van der Waals surface area contributed by atoms with E-state index < -0.39 is 5.97 Å². The van der Waals surface area contributed by atoms with Gasteiger partial charge in [0.05, 0.1) is 5.69 Å². The van der Waals surface area contributed by atoms with Gasteiger partial charge in [0.25, 0.3) is 0 Å². The molecule has 0 radical (unpaired) electrons. The first-order chi connectivity index (χ1) is 10.5. The highest BCUT2D eigenvalue weighted by molar-refractivity contribution is 7.98. The van der Waals surface area contributed by atoms with Crippen molar-refractivity contribution in [1.29, 1.82) is 0 Å². The number of aryl methyl sites for hydroxylation is 2. The molecule has 0 spiro atoms. The predicted molar refractivity (Wildman–Crippen MR) is 86.4 cm³/mol. The third-order valence-electron chi connectivity index (χ3n) is 3.73. The van der Waals surface area contributed by atoms with E-state index in [1.54, 1.807) is 6.92 Å². The third-order valence-corrected chi connectivity index (χ3v) is 4.77. The average Bonchev–Trinajstić information content (AvgIpc) is 3.30. The molecule has 1 aliphatic carbocycles. The van der Waals surface area contributed by atoms with Crippen molar-refractivity contribution < 1.29 is 9.90 Å². The number of benzene rings is 1. The van der Waals surface area contributed by atoms with Crippen molar-refractivity contribution in [2.45, 2.75) is 43.4 Å². The van der Waals surface area contributed by atoms with Crippen molar-refractivity contribution in [2.75, 3.05) is 0 Å². The number of carboxylic acids is 1. The standard InChI is InChI=1S/C17H18N2O2S/c1-10-3-5-12(6-4-10)9-22-16-14(17(20)21)11(2)18-15(19-16)13-7-8-13/h3-6,13H,7-9H2,1-2H3,(H,20,21). The van der Waals surface area contributed by atoms with Crippen molar-refractivity contribution in [1.82, 2.24) is 9.97 Å². The number of carbonyl (C=O) groups is 1. The van der Waals surface area contributed by atoms with Gasteiger partial charge in [0.15, 0.2) is 0 Å². The summed E-state index contributed by atoms with van der Waals surface area (Å²) < 4.78 is 0. The smallest absolute Gasteiger partial charge is 0.340 e. The summed E-state index contributed by atoms with van der Waals surface area (Å²) in [5.74, 6) is 0.974. The summed E-state index contributed by atoms with van der Waals surface area (Å²) in [5, 5.41) is 10.0. The van der Waals surface area contributed by atoms with E-state index in [1.165, 1.54) is 17.3 Å². The first-order valence-corrected chi connectivity index (χ1v) is 8.33. The van der Waals surface area contributed by atoms with Crippen LogP contribution in [0.15, 0.2) is 29.3 Å². The Morgan fingerprint density at radius 2 is 1.91 bits per heavy atom. The van der Waals surface area contributed by atoms with Crippen LogP contribution in [0.2, 0.25) is 0 Å². The summed E-state index contributed by atoms with van der Waals surface area (Å²) in [5.41, 5.74) is 3.18. The van der Waals surface area contributed by atoms with Crippen LogP contribution in [0.1, 0.15) is 51.8 Å². The van der Waals surface area contributed by atoms with Gasteiger partial charge in [0.2, 0.25) is 0 Å². The van der Waals surface area contributed by atoms with Gasteiger partial charge in [0, 0.05) is 11.7 Å². The van der Waals surface area contributed by atoms with Crippen LogP contribution in [-0.4, -0.2) is 21.0 Å². The molecule has 2 aromatic rings. The van der Waals surface area contributed by atoms with Crippen LogP contribution in [0.25, 0.3) is 0 Å². The third kappa shape index (κ3) is 3.30. The molecule has 0 amide bonds. The number of thioether (sulfide) groups is 1. The average molecular weight is 314 g/mol. The van der Waals surface area contributed by atoms with Crippen molar-refractivity contribution in [3.63, 3.8) is 0 Å². The van der Waals surface area contributed by atoms with Crippen LogP contribution < -0.4 is 0 Å². The number of rotatable bonds is 5. The Bertz CT molecular complexity index is 709. The van der Waals surface area contributed by atoms with Crippen LogP contribution >= 0.6 is 11.8 Å². The molecule has 0 bridgehead atoms. The first-order valence-electron chi connectivity index (χ1n) is 7.35. The Kier molecular flexibility index (Phi) is 4.16. The Morgan fingerprint density at radius 1 is 1.23 bits per heavy atom. The lowest BCUT2D eigenvalue weighted by Gasteiger charge is -2.10. The summed E-state index contributed by atoms with van der Waals surface area (Å²) in [4.78, 5) is 20.4. The zero-order chi connectivity index (χ0) is 15.7. The molecule has 4 nitrogen and oxygen atoms in total. The summed E-state index contributed by atoms with van der Waals surface area (Å²) in [6.07, 6.45) is 2.21. The van der Waals surface area contributed by atoms with Gasteiger partial charge in [-0.3, -0.25) is 0 Å². The van der Waals surface area contributed by atoms with Crippen LogP contribution in [0, 0.1) is 13.8 Å². The first kappa shape index (κ1) is 15.0. The van der Waals surface area contributed by atoms with Gasteiger partial charge < -0.3 is 5.11 Å². The summed E-state index contributed by atoms with van der Waals surface area (Å²) in [7, 11) is 0. The molecule has 0 aliphatic heterocycles. The second-order valence-electron chi connectivity index (χ2n) is 5.70. The predicted octanol–water partition coefficient (Wildman–Crippen LogP) is 3.96. The lowest BCUT2D eigenvalue weighted by molar-refractivity contribution is 0.0690. The lowest BCUT2D eigenvalue weighted by Crippen LogP contribution is -2.09. The number of hydrogen-bond acceptors (Lipinski definition) is 4. The molecule has 0 atom stereocenters. The minimum Gasteiger partial charge on any atom is -0.478 e. The minimum absolute atomic E-state index is 0.238. The van der Waals surface area contributed by atoms with E-state index in [0.29, 0.717) is 22.4 Å². The molecule has 0 unspecified atom stereocenters. The van der Waals surface area contributed by atoms with Crippen LogP contribution in [0.3, 0.4) is 0 Å². The Balaban J connectivity index is 1.87. The van der Waals surface area contributed by atoms with Crippen LogP contribution in [0.5, 0.6) is 0 Å². The fourth-order valence-corrected chi connectivity index (χ4v) is 3.31. The quantitative estimate of drug-likeness (QED) is 0.668. The van der Waals surface area contributed by atoms with E-state index in [4.69, 9.17) is 0 Å². The van der Waals surface area contributed by atoms with E-state index in [2.05, 4.69) is 41.2 Å². The van der Waals surface area contributed by atoms with E-state index in [0.717, 1.165) is 24.2 Å². The van der Waals surface area contributed by atoms with Crippen molar-refractivity contribution in [3.05, 3.63) is 52.5 Å². The second kappa shape index (κ2) is 6.08. The molecule has 1 aliphatic rings. The molecule has 1 aromatic carbocycles. The lowest BCUT2D eigenvalue weighted by atomic mass is 10.2. The normalized spacial score (nSPS) is 14.1. The summed E-state index contributed by atoms with van der Waals surface area (Å²) in [6, 6.07) is 8.26. The van der Waals surface area contributed by atoms with E-state index in [-0.39, 0.29) is 5.56 Å². The molecule has 5 heteroatoms. The molecule has 114 valence electrons. The summed E-state index contributed by atoms with van der Waals surface area (Å²) >= 11 is 1.48. The van der Waals surface area contributed by atoms with Gasteiger partial charge in [-0.05, 0) is 32.3 Å². The highest BCUT2D eigenvalue weighted by Gasteiger charge is 2.29. The number of carboxylic acid groups (broad SMARTS) is 1. The molecule has 22 heavy (non-hydrogen) atoms. The zero-order valence-corrected chi connectivity index (χ0v) is 13.5. The number of aromatic nitrogens is 2. The van der Waals surface area contributed by atoms with Gasteiger partial charge in [-0.15, -0.1) is 11.8 Å². The molecule has 1 saturated carbocycles. The Labute approximate surface area is 134 Å². The minimum atomic E-state index is -0.953. The van der Waals surface area contributed by atoms with Gasteiger partial charge >= 0.3 is 5.97 Å². The zero-order valence-electron chi connectivity index (χ0n) is 12.7. The number of aromatic carboxylic acids is 1. The molecule has 1 aromatic heterocycles. The molecule has 1 N–H and O–H groups in total. The van der Waals surface area contributed by atoms with Crippen molar-refractivity contribution in [2.24, 2.45) is 0 Å². The second-order valence-corrected chi connectivity index (χ2v) is 6.67.